The van der Waals surface area contributed by atoms with E-state index in [1.807, 2.05) is 0 Å². The van der Waals surface area contributed by atoms with Crippen molar-refractivity contribution in [3.8, 4) is 0 Å². The zero-order valence-corrected chi connectivity index (χ0v) is 11.2. The van der Waals surface area contributed by atoms with Gasteiger partial charge in [0.1, 0.15) is 11.6 Å². The number of carbonyl (C=O) groups is 2. The smallest absolute Gasteiger partial charge is 0.255 e. The van der Waals surface area contributed by atoms with Crippen LogP contribution in [0.4, 0.5) is 8.78 Å². The number of aliphatic carboxylic acids is 1. The molecule has 22 heavy (non-hydrogen) atoms. The average molecular weight is 302 g/mol. The SMILES string of the molecule is O=C([O-])/C(=C/c1ccc(F)cc1)NC(=O)c1ccc(F)cc1. The van der Waals surface area contributed by atoms with Crippen molar-refractivity contribution in [3.05, 3.63) is 77.0 Å². The zero-order chi connectivity index (χ0) is 16.1. The van der Waals surface area contributed by atoms with Crippen molar-refractivity contribution in [3.63, 3.8) is 0 Å². The Morgan fingerprint density at radius 3 is 1.91 bits per heavy atom. The van der Waals surface area contributed by atoms with E-state index in [-0.39, 0.29) is 5.56 Å². The largest absolute Gasteiger partial charge is 0.543 e. The van der Waals surface area contributed by atoms with E-state index in [1.54, 1.807) is 0 Å². The fourth-order valence-corrected chi connectivity index (χ4v) is 1.67. The van der Waals surface area contributed by atoms with E-state index in [0.717, 1.165) is 30.3 Å². The first-order valence-corrected chi connectivity index (χ1v) is 6.21. The summed E-state index contributed by atoms with van der Waals surface area (Å²) in [4.78, 5) is 23.0. The quantitative estimate of drug-likeness (QED) is 0.870. The van der Waals surface area contributed by atoms with E-state index in [4.69, 9.17) is 0 Å². The first kappa shape index (κ1) is 15.4. The molecule has 2 aromatic carbocycles. The van der Waals surface area contributed by atoms with Crippen LogP contribution in [0.5, 0.6) is 0 Å². The van der Waals surface area contributed by atoms with Crippen LogP contribution in [0.25, 0.3) is 6.08 Å². The van der Waals surface area contributed by atoms with Crippen molar-refractivity contribution in [2.75, 3.05) is 0 Å². The molecule has 112 valence electrons. The predicted octanol–water partition coefficient (Wildman–Crippen LogP) is 1.49. The molecule has 0 aliphatic heterocycles. The highest BCUT2D eigenvalue weighted by Crippen LogP contribution is 2.08. The molecule has 0 radical (unpaired) electrons. The summed E-state index contributed by atoms with van der Waals surface area (Å²) in [6.07, 6.45) is 1.14. The Hall–Kier alpha value is -3.02. The van der Waals surface area contributed by atoms with Crippen molar-refractivity contribution in [1.82, 2.24) is 5.32 Å². The standard InChI is InChI=1S/C16H11F2NO3/c17-12-5-1-10(2-6-12)9-14(16(21)22)19-15(20)11-3-7-13(18)8-4-11/h1-9H,(H,19,20)(H,21,22)/p-1/b14-9-. The van der Waals surface area contributed by atoms with Gasteiger partial charge in [0, 0.05) is 5.56 Å². The van der Waals surface area contributed by atoms with Crippen LogP contribution in [0.1, 0.15) is 15.9 Å². The van der Waals surface area contributed by atoms with Crippen LogP contribution in [0, 0.1) is 11.6 Å². The van der Waals surface area contributed by atoms with Crippen LogP contribution in [0.3, 0.4) is 0 Å². The van der Waals surface area contributed by atoms with Gasteiger partial charge in [-0.2, -0.15) is 0 Å². The van der Waals surface area contributed by atoms with Crippen molar-refractivity contribution in [2.24, 2.45) is 0 Å². The topological polar surface area (TPSA) is 69.2 Å². The number of carbonyl (C=O) groups excluding carboxylic acids is 2. The highest BCUT2D eigenvalue weighted by Gasteiger charge is 2.09. The molecule has 0 saturated heterocycles. The Bertz CT molecular complexity index is 722. The number of carboxylic acids is 1. The number of halogens is 2. The van der Waals surface area contributed by atoms with E-state index < -0.39 is 29.2 Å². The van der Waals surface area contributed by atoms with Crippen LogP contribution in [-0.4, -0.2) is 11.9 Å². The second-order valence-corrected chi connectivity index (χ2v) is 4.36. The average Bonchev–Trinajstić information content (AvgIpc) is 2.49. The number of hydrogen-bond acceptors (Lipinski definition) is 3. The first-order chi connectivity index (χ1) is 10.5. The third-order valence-electron chi connectivity index (χ3n) is 2.76. The number of amides is 1. The molecule has 0 bridgehead atoms. The second-order valence-electron chi connectivity index (χ2n) is 4.36. The van der Waals surface area contributed by atoms with E-state index in [0.29, 0.717) is 5.56 Å². The summed E-state index contributed by atoms with van der Waals surface area (Å²) in [6, 6.07) is 9.60. The van der Waals surface area contributed by atoms with Crippen LogP contribution in [0.2, 0.25) is 0 Å². The van der Waals surface area contributed by atoms with Crippen LogP contribution >= 0.6 is 0 Å². The molecule has 6 heteroatoms. The summed E-state index contributed by atoms with van der Waals surface area (Å²) in [7, 11) is 0. The molecule has 0 fully saturated rings. The van der Waals surface area contributed by atoms with Crippen molar-refractivity contribution >= 4 is 18.0 Å². The van der Waals surface area contributed by atoms with Gasteiger partial charge in [-0.25, -0.2) is 8.78 Å². The van der Waals surface area contributed by atoms with Gasteiger partial charge >= 0.3 is 0 Å². The monoisotopic (exact) mass is 302 g/mol. The Balaban J connectivity index is 2.21. The fraction of sp³-hybridized carbons (Fsp3) is 0. The first-order valence-electron chi connectivity index (χ1n) is 6.21. The summed E-state index contributed by atoms with van der Waals surface area (Å²) in [5.74, 6) is -3.31. The Labute approximate surface area is 124 Å². The van der Waals surface area contributed by atoms with E-state index in [1.165, 1.54) is 24.3 Å². The molecule has 0 unspecified atom stereocenters. The number of rotatable bonds is 4. The molecular formula is C16H10F2NO3-. The molecule has 0 spiro atoms. The summed E-state index contributed by atoms with van der Waals surface area (Å²) in [5, 5.41) is 13.2. The van der Waals surface area contributed by atoms with Gasteiger partial charge in [0.25, 0.3) is 5.91 Å². The van der Waals surface area contributed by atoms with Crippen LogP contribution < -0.4 is 10.4 Å². The summed E-state index contributed by atoms with van der Waals surface area (Å²) in [5.41, 5.74) is -0.0198. The highest BCUT2D eigenvalue weighted by molar-refractivity contribution is 6.02. The Morgan fingerprint density at radius 2 is 1.41 bits per heavy atom. The normalized spacial score (nSPS) is 11.1. The summed E-state index contributed by atoms with van der Waals surface area (Å²) in [6.45, 7) is 0. The maximum atomic E-state index is 12.8. The molecular weight excluding hydrogens is 292 g/mol. The fourth-order valence-electron chi connectivity index (χ4n) is 1.67. The maximum Gasteiger partial charge on any atom is 0.255 e. The van der Waals surface area contributed by atoms with Gasteiger partial charge < -0.3 is 15.2 Å². The summed E-state index contributed by atoms with van der Waals surface area (Å²) >= 11 is 0. The highest BCUT2D eigenvalue weighted by atomic mass is 19.1. The number of hydrogen-bond donors (Lipinski definition) is 1. The van der Waals surface area contributed by atoms with Crippen molar-refractivity contribution < 1.29 is 23.5 Å². The van der Waals surface area contributed by atoms with E-state index >= 15 is 0 Å². The maximum absolute atomic E-state index is 12.8. The molecule has 0 saturated carbocycles. The van der Waals surface area contributed by atoms with Gasteiger partial charge in [0.15, 0.2) is 0 Å². The predicted molar refractivity (Wildman–Crippen MR) is 73.3 cm³/mol. The molecule has 1 amide bonds. The molecule has 1 N–H and O–H groups in total. The number of nitrogens with one attached hydrogen (secondary N) is 1. The van der Waals surface area contributed by atoms with Crippen LogP contribution in [0.15, 0.2) is 54.2 Å². The lowest BCUT2D eigenvalue weighted by Gasteiger charge is -2.11. The zero-order valence-electron chi connectivity index (χ0n) is 11.2. The minimum Gasteiger partial charge on any atom is -0.543 e. The van der Waals surface area contributed by atoms with Gasteiger partial charge in [-0.3, -0.25) is 4.79 Å². The molecule has 0 heterocycles. The lowest BCUT2D eigenvalue weighted by molar-refractivity contribution is -0.299. The molecule has 0 atom stereocenters. The van der Waals surface area contributed by atoms with Gasteiger partial charge in [-0.05, 0) is 48.0 Å². The Kier molecular flexibility index (Phi) is 4.63. The minimum absolute atomic E-state index is 0.0904. The van der Waals surface area contributed by atoms with Crippen molar-refractivity contribution in [1.29, 1.82) is 0 Å². The molecule has 4 nitrogen and oxygen atoms in total. The van der Waals surface area contributed by atoms with E-state index in [2.05, 4.69) is 5.32 Å². The Morgan fingerprint density at radius 1 is 0.909 bits per heavy atom. The number of carboxylic acid groups (broad SMARTS) is 1. The molecule has 0 aromatic heterocycles. The third kappa shape index (κ3) is 3.99. The molecule has 2 aromatic rings. The van der Waals surface area contributed by atoms with Crippen LogP contribution in [-0.2, 0) is 4.79 Å². The minimum atomic E-state index is -1.60. The lowest BCUT2D eigenvalue weighted by atomic mass is 10.1. The van der Waals surface area contributed by atoms with Gasteiger partial charge in [0.05, 0.1) is 11.7 Å². The second kappa shape index (κ2) is 6.62. The van der Waals surface area contributed by atoms with E-state index in [9.17, 15) is 23.5 Å². The number of benzene rings is 2. The lowest BCUT2D eigenvalue weighted by Crippen LogP contribution is -2.35. The van der Waals surface area contributed by atoms with Gasteiger partial charge in [-0.1, -0.05) is 12.1 Å². The summed E-state index contributed by atoms with van der Waals surface area (Å²) < 4.78 is 25.6. The third-order valence-corrected chi connectivity index (χ3v) is 2.76. The molecule has 2 rings (SSSR count). The van der Waals surface area contributed by atoms with Crippen molar-refractivity contribution in [2.45, 2.75) is 0 Å². The molecule has 0 aliphatic rings. The van der Waals surface area contributed by atoms with Gasteiger partial charge in [0.2, 0.25) is 0 Å². The molecule has 0 aliphatic carbocycles. The van der Waals surface area contributed by atoms with Gasteiger partial charge in [-0.15, -0.1) is 0 Å².